The quantitative estimate of drug-likeness (QED) is 0.616. The minimum Gasteiger partial charge on any atom is -0.397 e. The van der Waals surface area contributed by atoms with Crippen molar-refractivity contribution in [1.29, 1.82) is 0 Å². The predicted molar refractivity (Wildman–Crippen MR) is 68.7 cm³/mol. The van der Waals surface area contributed by atoms with E-state index in [1.165, 1.54) is 5.56 Å². The van der Waals surface area contributed by atoms with Crippen LogP contribution in [0.3, 0.4) is 0 Å². The van der Waals surface area contributed by atoms with Gasteiger partial charge in [0.1, 0.15) is 0 Å². The number of aryl methyl sites for hydroxylation is 1. The lowest BCUT2D eigenvalue weighted by Gasteiger charge is -2.15. The van der Waals surface area contributed by atoms with Crippen LogP contribution in [-0.4, -0.2) is 19.6 Å². The van der Waals surface area contributed by atoms with E-state index in [0.29, 0.717) is 0 Å². The fourth-order valence-electron chi connectivity index (χ4n) is 1.46. The largest absolute Gasteiger partial charge is 0.397 e. The van der Waals surface area contributed by atoms with Gasteiger partial charge in [-0.25, -0.2) is 0 Å². The molecule has 4 heteroatoms. The van der Waals surface area contributed by atoms with Crippen molar-refractivity contribution < 1.29 is 0 Å². The minimum atomic E-state index is 0.889. The Morgan fingerprint density at radius 2 is 1.93 bits per heavy atom. The van der Waals surface area contributed by atoms with Gasteiger partial charge in [0.15, 0.2) is 0 Å². The SMILES string of the molecule is CNc1c(C)cc(SC)c(N)c1SC. The number of hydrogen-bond donors (Lipinski definition) is 2. The summed E-state index contributed by atoms with van der Waals surface area (Å²) in [6.45, 7) is 2.10. The molecule has 2 nitrogen and oxygen atoms in total. The van der Waals surface area contributed by atoms with Gasteiger partial charge in [-0.15, -0.1) is 23.5 Å². The van der Waals surface area contributed by atoms with Crippen molar-refractivity contribution >= 4 is 34.9 Å². The maximum Gasteiger partial charge on any atom is 0.0611 e. The first-order valence-electron chi connectivity index (χ1n) is 4.34. The maximum absolute atomic E-state index is 6.07. The van der Waals surface area contributed by atoms with Gasteiger partial charge in [-0.3, -0.25) is 0 Å². The van der Waals surface area contributed by atoms with E-state index in [9.17, 15) is 0 Å². The minimum absolute atomic E-state index is 0.889. The van der Waals surface area contributed by atoms with Crippen LogP contribution in [0.15, 0.2) is 15.9 Å². The Balaban J connectivity index is 3.40. The maximum atomic E-state index is 6.07. The summed E-state index contributed by atoms with van der Waals surface area (Å²) in [5.41, 5.74) is 9.35. The standard InChI is InChI=1S/C10H16N2S2/c1-6-5-7(13-3)8(11)10(14-4)9(6)12-2/h5,12H,11H2,1-4H3. The number of anilines is 2. The normalized spacial score (nSPS) is 10.3. The molecular formula is C10H16N2S2. The van der Waals surface area contributed by atoms with Gasteiger partial charge in [-0.2, -0.15) is 0 Å². The second-order valence-electron chi connectivity index (χ2n) is 2.97. The number of nitrogens with two attached hydrogens (primary N) is 1. The number of thioether (sulfide) groups is 2. The molecule has 0 saturated carbocycles. The summed E-state index contributed by atoms with van der Waals surface area (Å²) in [6, 6.07) is 2.13. The smallest absolute Gasteiger partial charge is 0.0611 e. The Hall–Kier alpha value is -0.480. The Kier molecular flexibility index (Phi) is 4.01. The fraction of sp³-hybridized carbons (Fsp3) is 0.400. The van der Waals surface area contributed by atoms with Crippen LogP contribution in [-0.2, 0) is 0 Å². The van der Waals surface area contributed by atoms with Crippen molar-refractivity contribution in [2.75, 3.05) is 30.6 Å². The highest BCUT2D eigenvalue weighted by atomic mass is 32.2. The number of benzene rings is 1. The number of hydrogen-bond acceptors (Lipinski definition) is 4. The Labute approximate surface area is 94.0 Å². The molecular weight excluding hydrogens is 212 g/mol. The van der Waals surface area contributed by atoms with Crippen LogP contribution in [0.2, 0.25) is 0 Å². The molecule has 0 radical (unpaired) electrons. The van der Waals surface area contributed by atoms with Crippen molar-refractivity contribution in [3.05, 3.63) is 11.6 Å². The lowest BCUT2D eigenvalue weighted by molar-refractivity contribution is 1.25. The molecule has 0 aromatic heterocycles. The highest BCUT2D eigenvalue weighted by Gasteiger charge is 2.11. The molecule has 0 bridgehead atoms. The second-order valence-corrected chi connectivity index (χ2v) is 4.63. The predicted octanol–water partition coefficient (Wildman–Crippen LogP) is 3.06. The second kappa shape index (κ2) is 4.84. The summed E-state index contributed by atoms with van der Waals surface area (Å²) in [6.07, 6.45) is 4.10. The highest BCUT2D eigenvalue weighted by molar-refractivity contribution is 7.99. The summed E-state index contributed by atoms with van der Waals surface area (Å²) in [7, 11) is 1.93. The first-order valence-corrected chi connectivity index (χ1v) is 6.79. The summed E-state index contributed by atoms with van der Waals surface area (Å²) >= 11 is 3.38. The first-order chi connectivity index (χ1) is 6.65. The lowest BCUT2D eigenvalue weighted by atomic mass is 10.2. The van der Waals surface area contributed by atoms with Crippen molar-refractivity contribution in [3.8, 4) is 0 Å². The zero-order chi connectivity index (χ0) is 10.7. The van der Waals surface area contributed by atoms with Crippen LogP contribution < -0.4 is 11.1 Å². The van der Waals surface area contributed by atoms with E-state index in [0.717, 1.165) is 21.2 Å². The number of rotatable bonds is 3. The van der Waals surface area contributed by atoms with Crippen molar-refractivity contribution in [2.45, 2.75) is 16.7 Å². The third-order valence-corrected chi connectivity index (χ3v) is 3.76. The monoisotopic (exact) mass is 228 g/mol. The summed E-state index contributed by atoms with van der Waals surface area (Å²) in [4.78, 5) is 2.31. The highest BCUT2D eigenvalue weighted by Crippen LogP contribution is 2.39. The van der Waals surface area contributed by atoms with Crippen LogP contribution in [0, 0.1) is 6.92 Å². The zero-order valence-corrected chi connectivity index (χ0v) is 10.6. The van der Waals surface area contributed by atoms with E-state index >= 15 is 0 Å². The van der Waals surface area contributed by atoms with E-state index in [1.54, 1.807) is 23.5 Å². The van der Waals surface area contributed by atoms with E-state index in [2.05, 4.69) is 24.6 Å². The average molecular weight is 228 g/mol. The molecule has 1 aromatic carbocycles. The van der Waals surface area contributed by atoms with Gasteiger partial charge in [0, 0.05) is 11.9 Å². The Bertz CT molecular complexity index is 337. The molecule has 0 heterocycles. The molecule has 1 aromatic rings. The molecule has 0 spiro atoms. The Morgan fingerprint density at radius 1 is 1.29 bits per heavy atom. The number of nitrogen functional groups attached to an aromatic ring is 1. The van der Waals surface area contributed by atoms with Crippen molar-refractivity contribution in [1.82, 2.24) is 0 Å². The topological polar surface area (TPSA) is 38.0 Å². The van der Waals surface area contributed by atoms with Gasteiger partial charge in [-0.05, 0) is 31.1 Å². The van der Waals surface area contributed by atoms with Gasteiger partial charge in [0.05, 0.1) is 16.3 Å². The van der Waals surface area contributed by atoms with E-state index in [4.69, 9.17) is 5.73 Å². The van der Waals surface area contributed by atoms with Crippen molar-refractivity contribution in [2.24, 2.45) is 0 Å². The molecule has 0 saturated heterocycles. The van der Waals surface area contributed by atoms with Crippen LogP contribution in [0.4, 0.5) is 11.4 Å². The van der Waals surface area contributed by atoms with Gasteiger partial charge in [0.2, 0.25) is 0 Å². The molecule has 14 heavy (non-hydrogen) atoms. The third-order valence-electron chi connectivity index (χ3n) is 2.15. The van der Waals surface area contributed by atoms with E-state index < -0.39 is 0 Å². The van der Waals surface area contributed by atoms with Gasteiger partial charge < -0.3 is 11.1 Å². The van der Waals surface area contributed by atoms with Gasteiger partial charge >= 0.3 is 0 Å². The first kappa shape index (κ1) is 11.6. The van der Waals surface area contributed by atoms with E-state index in [-0.39, 0.29) is 0 Å². The molecule has 0 atom stereocenters. The Morgan fingerprint density at radius 3 is 2.36 bits per heavy atom. The summed E-state index contributed by atoms with van der Waals surface area (Å²) in [5.74, 6) is 0. The molecule has 0 unspecified atom stereocenters. The molecule has 0 aliphatic rings. The zero-order valence-electron chi connectivity index (χ0n) is 8.97. The molecule has 0 fully saturated rings. The molecule has 0 aliphatic carbocycles. The fourth-order valence-corrected chi connectivity index (χ4v) is 2.94. The van der Waals surface area contributed by atoms with E-state index in [1.807, 2.05) is 13.3 Å². The molecule has 0 amide bonds. The molecule has 78 valence electrons. The third kappa shape index (κ3) is 1.96. The molecule has 0 aliphatic heterocycles. The van der Waals surface area contributed by atoms with Crippen LogP contribution in [0.25, 0.3) is 0 Å². The van der Waals surface area contributed by atoms with Gasteiger partial charge in [-0.1, -0.05) is 0 Å². The van der Waals surface area contributed by atoms with Crippen molar-refractivity contribution in [3.63, 3.8) is 0 Å². The van der Waals surface area contributed by atoms with Crippen LogP contribution in [0.1, 0.15) is 5.56 Å². The molecule has 1 rings (SSSR count). The lowest BCUT2D eigenvalue weighted by Crippen LogP contribution is -2.00. The average Bonchev–Trinajstić information content (AvgIpc) is 2.20. The van der Waals surface area contributed by atoms with Crippen LogP contribution in [0.5, 0.6) is 0 Å². The summed E-state index contributed by atoms with van der Waals surface area (Å²) in [5, 5.41) is 3.20. The summed E-state index contributed by atoms with van der Waals surface area (Å²) < 4.78 is 0. The van der Waals surface area contributed by atoms with Gasteiger partial charge in [0.25, 0.3) is 0 Å². The van der Waals surface area contributed by atoms with Crippen LogP contribution >= 0.6 is 23.5 Å². The number of nitrogens with one attached hydrogen (secondary N) is 1. The molecule has 3 N–H and O–H groups in total.